The minimum Gasteiger partial charge on any atom is -0.348 e. The van der Waals surface area contributed by atoms with Crippen LogP contribution in [0.3, 0.4) is 0 Å². The molecule has 0 aliphatic carbocycles. The topological polar surface area (TPSA) is 18.5 Å². The van der Waals surface area contributed by atoms with Crippen LogP contribution in [0.2, 0.25) is 0 Å². The van der Waals surface area contributed by atoms with E-state index >= 15 is 0 Å². The van der Waals surface area contributed by atoms with Crippen LogP contribution in [0.25, 0.3) is 0 Å². The molecule has 23 heavy (non-hydrogen) atoms. The van der Waals surface area contributed by atoms with E-state index in [-0.39, 0.29) is 11.7 Å². The quantitative estimate of drug-likeness (QED) is 0.516. The molecule has 0 spiro atoms. The van der Waals surface area contributed by atoms with Gasteiger partial charge in [0.25, 0.3) is 0 Å². The van der Waals surface area contributed by atoms with Crippen LogP contribution in [0.5, 0.6) is 0 Å². The van der Waals surface area contributed by atoms with Crippen molar-refractivity contribution >= 4 is 0 Å². The summed E-state index contributed by atoms with van der Waals surface area (Å²) in [6.45, 7) is 8.39. The van der Waals surface area contributed by atoms with E-state index in [9.17, 15) is 0 Å². The predicted octanol–water partition coefficient (Wildman–Crippen LogP) is 6.05. The molecule has 0 radical (unpaired) electrons. The van der Waals surface area contributed by atoms with Gasteiger partial charge in [-0.3, -0.25) is 0 Å². The van der Waals surface area contributed by atoms with Gasteiger partial charge in [0.05, 0.1) is 13.2 Å². The third kappa shape index (κ3) is 5.93. The zero-order valence-electron chi connectivity index (χ0n) is 15.3. The maximum Gasteiger partial charge on any atom is 0.183 e. The highest BCUT2D eigenvalue weighted by Gasteiger charge is 2.32. The van der Waals surface area contributed by atoms with E-state index in [2.05, 4.69) is 45.0 Å². The van der Waals surface area contributed by atoms with E-state index < -0.39 is 0 Å². The molecular weight excluding hydrogens is 284 g/mol. The summed E-state index contributed by atoms with van der Waals surface area (Å²) in [5, 5.41) is 0. The molecule has 0 saturated carbocycles. The van der Waals surface area contributed by atoms with Crippen LogP contribution in [0, 0.1) is 5.41 Å². The lowest BCUT2D eigenvalue weighted by atomic mass is 9.85. The Morgan fingerprint density at radius 1 is 0.913 bits per heavy atom. The minimum atomic E-state index is -0.182. The normalized spacial score (nSPS) is 24.7. The molecule has 0 amide bonds. The van der Waals surface area contributed by atoms with E-state index in [0.29, 0.717) is 0 Å². The molecule has 2 nitrogen and oxygen atoms in total. The molecular formula is C21H34O2. The van der Waals surface area contributed by atoms with Gasteiger partial charge >= 0.3 is 0 Å². The molecule has 1 heterocycles. The van der Waals surface area contributed by atoms with Crippen LogP contribution in [0.1, 0.15) is 83.1 Å². The van der Waals surface area contributed by atoms with Gasteiger partial charge in [-0.2, -0.15) is 0 Å². The highest BCUT2D eigenvalue weighted by atomic mass is 16.7. The lowest BCUT2D eigenvalue weighted by Crippen LogP contribution is -2.36. The summed E-state index contributed by atoms with van der Waals surface area (Å²) >= 11 is 0. The Labute approximate surface area is 142 Å². The molecule has 0 atom stereocenters. The highest BCUT2D eigenvalue weighted by Crippen LogP contribution is 2.35. The van der Waals surface area contributed by atoms with Gasteiger partial charge in [-0.25, -0.2) is 0 Å². The second kappa shape index (κ2) is 9.44. The van der Waals surface area contributed by atoms with Gasteiger partial charge in [-0.15, -0.1) is 0 Å². The SMILES string of the molecule is CCCCCc1ccc(C2OCC(C)(CCCCC)CO2)cc1. The fraction of sp³-hybridized carbons (Fsp3) is 0.714. The van der Waals surface area contributed by atoms with Crippen LogP contribution >= 0.6 is 0 Å². The van der Waals surface area contributed by atoms with Crippen LogP contribution in [0.4, 0.5) is 0 Å². The van der Waals surface area contributed by atoms with Gasteiger partial charge in [-0.1, -0.05) is 77.1 Å². The first-order chi connectivity index (χ1) is 11.2. The number of hydrogen-bond acceptors (Lipinski definition) is 2. The lowest BCUT2D eigenvalue weighted by Gasteiger charge is -2.37. The van der Waals surface area contributed by atoms with Crippen LogP contribution in [0.15, 0.2) is 24.3 Å². The van der Waals surface area contributed by atoms with Crippen molar-refractivity contribution in [2.24, 2.45) is 5.41 Å². The van der Waals surface area contributed by atoms with Crippen molar-refractivity contribution in [3.63, 3.8) is 0 Å². The number of unbranched alkanes of at least 4 members (excludes halogenated alkanes) is 4. The summed E-state index contributed by atoms with van der Waals surface area (Å²) in [7, 11) is 0. The molecule has 130 valence electrons. The van der Waals surface area contributed by atoms with E-state index in [1.807, 2.05) is 0 Å². The second-order valence-electron chi connectivity index (χ2n) is 7.42. The molecule has 1 saturated heterocycles. The fourth-order valence-electron chi connectivity index (χ4n) is 3.20. The number of benzene rings is 1. The molecule has 2 rings (SSSR count). The monoisotopic (exact) mass is 318 g/mol. The van der Waals surface area contributed by atoms with Gasteiger partial charge in [0.15, 0.2) is 6.29 Å². The molecule has 0 N–H and O–H groups in total. The standard InChI is InChI=1S/C21H34O2/c1-4-6-8-10-18-11-13-19(14-12-18)20-22-16-21(3,17-23-20)15-9-7-5-2/h11-14,20H,4-10,15-17H2,1-3H3. The van der Waals surface area contributed by atoms with Crippen molar-refractivity contribution in [2.45, 2.75) is 78.4 Å². The summed E-state index contributed by atoms with van der Waals surface area (Å²) in [5.74, 6) is 0. The van der Waals surface area contributed by atoms with Crippen LogP contribution in [-0.4, -0.2) is 13.2 Å². The van der Waals surface area contributed by atoms with Gasteiger partial charge in [0.2, 0.25) is 0 Å². The third-order valence-corrected chi connectivity index (χ3v) is 4.87. The van der Waals surface area contributed by atoms with Crippen LogP contribution in [-0.2, 0) is 15.9 Å². The van der Waals surface area contributed by atoms with E-state index in [1.165, 1.54) is 56.9 Å². The zero-order chi connectivity index (χ0) is 16.5. The molecule has 1 fully saturated rings. The van der Waals surface area contributed by atoms with E-state index in [1.54, 1.807) is 0 Å². The van der Waals surface area contributed by atoms with Gasteiger partial charge in [0, 0.05) is 11.0 Å². The smallest absolute Gasteiger partial charge is 0.183 e. The summed E-state index contributed by atoms with van der Waals surface area (Å²) in [4.78, 5) is 0. The average molecular weight is 319 g/mol. The fourth-order valence-corrected chi connectivity index (χ4v) is 3.20. The first kappa shape index (κ1) is 18.5. The molecule has 1 aromatic rings. The van der Waals surface area contributed by atoms with Crippen molar-refractivity contribution in [2.75, 3.05) is 13.2 Å². The molecule has 0 aromatic heterocycles. The highest BCUT2D eigenvalue weighted by molar-refractivity contribution is 5.23. The Bertz CT molecular complexity index is 430. The van der Waals surface area contributed by atoms with Crippen molar-refractivity contribution < 1.29 is 9.47 Å². The molecule has 0 bridgehead atoms. The zero-order valence-corrected chi connectivity index (χ0v) is 15.3. The average Bonchev–Trinajstić information content (AvgIpc) is 2.57. The number of aryl methyl sites for hydroxylation is 1. The van der Waals surface area contributed by atoms with Crippen molar-refractivity contribution in [3.05, 3.63) is 35.4 Å². The van der Waals surface area contributed by atoms with Crippen molar-refractivity contribution in [1.82, 2.24) is 0 Å². The summed E-state index contributed by atoms with van der Waals surface area (Å²) in [6, 6.07) is 8.80. The predicted molar refractivity (Wildman–Crippen MR) is 96.6 cm³/mol. The first-order valence-corrected chi connectivity index (χ1v) is 9.49. The lowest BCUT2D eigenvalue weighted by molar-refractivity contribution is -0.231. The van der Waals surface area contributed by atoms with Crippen LogP contribution < -0.4 is 0 Å². The molecule has 1 aliphatic heterocycles. The summed E-state index contributed by atoms with van der Waals surface area (Å²) in [5.41, 5.74) is 2.76. The van der Waals surface area contributed by atoms with Crippen molar-refractivity contribution in [3.8, 4) is 0 Å². The van der Waals surface area contributed by atoms with Gasteiger partial charge in [-0.05, 0) is 24.8 Å². The third-order valence-electron chi connectivity index (χ3n) is 4.87. The first-order valence-electron chi connectivity index (χ1n) is 9.49. The molecule has 2 heteroatoms. The Morgan fingerprint density at radius 2 is 1.52 bits per heavy atom. The molecule has 1 aliphatic rings. The largest absolute Gasteiger partial charge is 0.348 e. The minimum absolute atomic E-state index is 0.182. The van der Waals surface area contributed by atoms with E-state index in [4.69, 9.17) is 9.47 Å². The Hall–Kier alpha value is -0.860. The maximum atomic E-state index is 6.03. The van der Waals surface area contributed by atoms with Crippen molar-refractivity contribution in [1.29, 1.82) is 0 Å². The Kier molecular flexibility index (Phi) is 7.58. The number of rotatable bonds is 9. The van der Waals surface area contributed by atoms with Gasteiger partial charge < -0.3 is 9.47 Å². The Balaban J connectivity index is 1.80. The van der Waals surface area contributed by atoms with Gasteiger partial charge in [0.1, 0.15) is 0 Å². The summed E-state index contributed by atoms with van der Waals surface area (Å²) in [6.07, 6.45) is 9.91. The Morgan fingerprint density at radius 3 is 2.13 bits per heavy atom. The molecule has 0 unspecified atom stereocenters. The number of ether oxygens (including phenoxy) is 2. The van der Waals surface area contributed by atoms with E-state index in [0.717, 1.165) is 18.8 Å². The molecule has 1 aromatic carbocycles. The second-order valence-corrected chi connectivity index (χ2v) is 7.42. The number of hydrogen-bond donors (Lipinski definition) is 0. The maximum absolute atomic E-state index is 6.03. The summed E-state index contributed by atoms with van der Waals surface area (Å²) < 4.78 is 12.1.